The van der Waals surface area contributed by atoms with E-state index in [0.29, 0.717) is 30.5 Å². The number of nitrogens with one attached hydrogen (secondary N) is 2. The molecule has 176 valence electrons. The zero-order valence-electron chi connectivity index (χ0n) is 19.7. The van der Waals surface area contributed by atoms with Gasteiger partial charge in [0, 0.05) is 18.9 Å². The van der Waals surface area contributed by atoms with Crippen LogP contribution in [-0.4, -0.2) is 52.0 Å². The fourth-order valence-electron chi connectivity index (χ4n) is 2.93. The number of amides is 1. The smallest absolute Gasteiger partial charge is 0.407 e. The van der Waals surface area contributed by atoms with Gasteiger partial charge in [0.15, 0.2) is 5.82 Å². The van der Waals surface area contributed by atoms with Crippen LogP contribution in [0.2, 0.25) is 0 Å². The first-order valence-corrected chi connectivity index (χ1v) is 11.0. The number of aliphatic hydroxyl groups excluding tert-OH is 1. The average molecular weight is 445 g/mol. The predicted molar refractivity (Wildman–Crippen MR) is 123 cm³/mol. The summed E-state index contributed by atoms with van der Waals surface area (Å²) < 4.78 is 11.1. The topological polar surface area (TPSA) is 106 Å². The Balaban J connectivity index is 1.98. The van der Waals surface area contributed by atoms with Crippen molar-refractivity contribution < 1.29 is 19.4 Å². The maximum absolute atomic E-state index is 12.3. The van der Waals surface area contributed by atoms with Crippen molar-refractivity contribution in [2.24, 2.45) is 5.92 Å². The lowest BCUT2D eigenvalue weighted by atomic mass is 10.0. The summed E-state index contributed by atoms with van der Waals surface area (Å²) in [6.45, 7) is 11.1. The Hall–Kier alpha value is -2.71. The van der Waals surface area contributed by atoms with Gasteiger partial charge in [0.1, 0.15) is 18.0 Å². The lowest BCUT2D eigenvalue weighted by Gasteiger charge is -2.27. The van der Waals surface area contributed by atoms with E-state index >= 15 is 0 Å². The summed E-state index contributed by atoms with van der Waals surface area (Å²) in [5.41, 5.74) is 0.342. The number of nitrogens with zero attached hydrogens (tertiary/aromatic N) is 2. The molecule has 1 amide bonds. The number of aliphatic hydroxyl groups is 1. The third-order valence-corrected chi connectivity index (χ3v) is 4.44. The molecule has 0 fully saturated rings. The highest BCUT2D eigenvalue weighted by Gasteiger charge is 2.25. The molecule has 2 aromatic rings. The fourth-order valence-corrected chi connectivity index (χ4v) is 2.93. The molecule has 0 saturated carbocycles. The average Bonchev–Trinajstić information content (AvgIpc) is 2.72. The number of ether oxygens (including phenoxy) is 2. The first-order valence-electron chi connectivity index (χ1n) is 11.0. The molecule has 1 aromatic heterocycles. The third-order valence-electron chi connectivity index (χ3n) is 4.44. The van der Waals surface area contributed by atoms with E-state index in [1.807, 2.05) is 24.3 Å². The molecule has 2 rings (SSSR count). The summed E-state index contributed by atoms with van der Waals surface area (Å²) in [5.74, 6) is 1.76. The molecule has 2 atom stereocenters. The SMILES string of the molecule is CC(C)CNC[C@@H](O)[C@H](Cc1ccc(OCc2ncccn2)cc1)NC(=O)OC(C)(C)C. The van der Waals surface area contributed by atoms with Crippen LogP contribution in [0, 0.1) is 5.92 Å². The Kier molecular flexibility index (Phi) is 9.87. The molecule has 0 radical (unpaired) electrons. The molecule has 0 aliphatic heterocycles. The van der Waals surface area contributed by atoms with E-state index in [1.54, 1.807) is 39.2 Å². The Morgan fingerprint density at radius 2 is 1.75 bits per heavy atom. The van der Waals surface area contributed by atoms with Crippen LogP contribution in [0.5, 0.6) is 5.75 Å². The summed E-state index contributed by atoms with van der Waals surface area (Å²) in [7, 11) is 0. The summed E-state index contributed by atoms with van der Waals surface area (Å²) in [6, 6.07) is 8.79. The van der Waals surface area contributed by atoms with Gasteiger partial charge in [-0.25, -0.2) is 14.8 Å². The standard InChI is InChI=1S/C24H36N4O4/c1-17(2)14-25-15-21(29)20(28-23(30)32-24(3,4)5)13-18-7-9-19(10-8-18)31-16-22-26-11-6-12-27-22/h6-12,17,20-21,25,29H,13-16H2,1-5H3,(H,28,30)/t20-,21+/m0/s1. The minimum atomic E-state index is -0.771. The van der Waals surface area contributed by atoms with Crippen LogP contribution in [0.4, 0.5) is 4.79 Å². The largest absolute Gasteiger partial charge is 0.486 e. The zero-order chi connectivity index (χ0) is 23.6. The van der Waals surface area contributed by atoms with Crippen molar-refractivity contribution in [2.45, 2.75) is 65.4 Å². The van der Waals surface area contributed by atoms with Crippen molar-refractivity contribution in [3.8, 4) is 5.75 Å². The Labute approximate surface area is 190 Å². The van der Waals surface area contributed by atoms with Crippen LogP contribution < -0.4 is 15.4 Å². The molecule has 32 heavy (non-hydrogen) atoms. The van der Waals surface area contributed by atoms with Crippen molar-refractivity contribution in [3.63, 3.8) is 0 Å². The van der Waals surface area contributed by atoms with E-state index in [0.717, 1.165) is 12.1 Å². The second-order valence-corrected chi connectivity index (χ2v) is 9.17. The summed E-state index contributed by atoms with van der Waals surface area (Å²) in [4.78, 5) is 20.6. The number of benzene rings is 1. The number of hydrogen-bond donors (Lipinski definition) is 3. The van der Waals surface area contributed by atoms with E-state index in [-0.39, 0.29) is 6.61 Å². The summed E-state index contributed by atoms with van der Waals surface area (Å²) >= 11 is 0. The number of alkyl carbamates (subject to hydrolysis) is 1. The molecular formula is C24H36N4O4. The monoisotopic (exact) mass is 444 g/mol. The van der Waals surface area contributed by atoms with E-state index in [9.17, 15) is 9.90 Å². The van der Waals surface area contributed by atoms with E-state index in [2.05, 4.69) is 34.4 Å². The van der Waals surface area contributed by atoms with Gasteiger partial charge in [0.2, 0.25) is 0 Å². The molecule has 1 aromatic carbocycles. The predicted octanol–water partition coefficient (Wildman–Crippen LogP) is 3.10. The first-order chi connectivity index (χ1) is 15.1. The normalized spacial score (nSPS) is 13.5. The summed E-state index contributed by atoms with van der Waals surface area (Å²) in [5, 5.41) is 16.8. The van der Waals surface area contributed by atoms with Gasteiger partial charge in [0.05, 0.1) is 12.1 Å². The number of hydrogen-bond acceptors (Lipinski definition) is 7. The first kappa shape index (κ1) is 25.5. The van der Waals surface area contributed by atoms with Crippen LogP contribution in [0.3, 0.4) is 0 Å². The third kappa shape index (κ3) is 10.1. The molecule has 0 aliphatic rings. The van der Waals surface area contributed by atoms with Gasteiger partial charge in [0.25, 0.3) is 0 Å². The molecule has 0 aliphatic carbocycles. The van der Waals surface area contributed by atoms with Gasteiger partial charge >= 0.3 is 6.09 Å². The van der Waals surface area contributed by atoms with Crippen LogP contribution in [0.1, 0.15) is 46.0 Å². The molecule has 8 nitrogen and oxygen atoms in total. The van der Waals surface area contributed by atoms with E-state index < -0.39 is 23.8 Å². The quantitative estimate of drug-likeness (QED) is 0.489. The van der Waals surface area contributed by atoms with Crippen LogP contribution in [0.15, 0.2) is 42.7 Å². The highest BCUT2D eigenvalue weighted by atomic mass is 16.6. The van der Waals surface area contributed by atoms with Crippen molar-refractivity contribution in [1.29, 1.82) is 0 Å². The fraction of sp³-hybridized carbons (Fsp3) is 0.542. The highest BCUT2D eigenvalue weighted by Crippen LogP contribution is 2.16. The summed E-state index contributed by atoms with van der Waals surface area (Å²) in [6.07, 6.45) is 2.48. The molecule has 0 spiro atoms. The maximum Gasteiger partial charge on any atom is 0.407 e. The number of carbonyl (C=O) groups excluding carboxylic acids is 1. The molecule has 0 unspecified atom stereocenters. The van der Waals surface area contributed by atoms with Crippen LogP contribution in [-0.2, 0) is 17.8 Å². The Morgan fingerprint density at radius 1 is 1.09 bits per heavy atom. The minimum Gasteiger partial charge on any atom is -0.486 e. The van der Waals surface area contributed by atoms with Gasteiger partial charge in [-0.15, -0.1) is 0 Å². The van der Waals surface area contributed by atoms with Crippen molar-refractivity contribution in [2.75, 3.05) is 13.1 Å². The van der Waals surface area contributed by atoms with Crippen LogP contribution >= 0.6 is 0 Å². The molecule has 1 heterocycles. The highest BCUT2D eigenvalue weighted by molar-refractivity contribution is 5.68. The Morgan fingerprint density at radius 3 is 2.34 bits per heavy atom. The number of carbonyl (C=O) groups is 1. The minimum absolute atomic E-state index is 0.281. The van der Waals surface area contributed by atoms with E-state index in [1.165, 1.54) is 0 Å². The Bertz CT molecular complexity index is 807. The number of rotatable bonds is 11. The lowest BCUT2D eigenvalue weighted by Crippen LogP contribution is -2.50. The lowest BCUT2D eigenvalue weighted by molar-refractivity contribution is 0.0422. The van der Waals surface area contributed by atoms with Gasteiger partial charge in [-0.2, -0.15) is 0 Å². The van der Waals surface area contributed by atoms with Crippen molar-refractivity contribution in [1.82, 2.24) is 20.6 Å². The molecule has 3 N–H and O–H groups in total. The van der Waals surface area contributed by atoms with Gasteiger partial charge < -0.3 is 25.2 Å². The van der Waals surface area contributed by atoms with Gasteiger partial charge in [-0.3, -0.25) is 0 Å². The molecule has 0 bridgehead atoms. The molecule has 0 saturated heterocycles. The molecule has 8 heteroatoms. The molecular weight excluding hydrogens is 408 g/mol. The van der Waals surface area contributed by atoms with E-state index in [4.69, 9.17) is 9.47 Å². The van der Waals surface area contributed by atoms with Gasteiger partial charge in [-0.05, 0) is 63.4 Å². The second kappa shape index (κ2) is 12.4. The zero-order valence-corrected chi connectivity index (χ0v) is 19.7. The number of aromatic nitrogens is 2. The van der Waals surface area contributed by atoms with Crippen molar-refractivity contribution in [3.05, 3.63) is 54.1 Å². The van der Waals surface area contributed by atoms with Crippen LogP contribution in [0.25, 0.3) is 0 Å². The second-order valence-electron chi connectivity index (χ2n) is 9.17. The van der Waals surface area contributed by atoms with Gasteiger partial charge in [-0.1, -0.05) is 26.0 Å². The van der Waals surface area contributed by atoms with Crippen molar-refractivity contribution >= 4 is 6.09 Å². The maximum atomic E-state index is 12.3.